The molecule has 3 N–H and O–H groups in total. The number of pyridine rings is 1. The molecule has 98 valence electrons. The molecule has 1 aromatic carbocycles. The van der Waals surface area contributed by atoms with E-state index in [1.807, 2.05) is 0 Å². The van der Waals surface area contributed by atoms with Crippen molar-refractivity contribution in [2.24, 2.45) is 0 Å². The number of aliphatic hydroxyl groups is 1. The monoisotopic (exact) mass is 258 g/mol. The van der Waals surface area contributed by atoms with Gasteiger partial charge in [0, 0.05) is 11.9 Å². The Balaban J connectivity index is 2.13. The summed E-state index contributed by atoms with van der Waals surface area (Å²) in [7, 11) is 0. The molecule has 0 saturated carbocycles. The van der Waals surface area contributed by atoms with Crippen LogP contribution >= 0.6 is 0 Å². The van der Waals surface area contributed by atoms with E-state index in [4.69, 9.17) is 0 Å². The SMILES string of the molecule is CC(O)c1ccc(NC(=O)c2ccncc2O)cc1. The molecule has 2 aromatic rings. The van der Waals surface area contributed by atoms with Crippen LogP contribution in [-0.4, -0.2) is 21.1 Å². The topological polar surface area (TPSA) is 82.5 Å². The molecule has 0 radical (unpaired) electrons. The van der Waals surface area contributed by atoms with Gasteiger partial charge in [-0.2, -0.15) is 0 Å². The summed E-state index contributed by atoms with van der Waals surface area (Å²) in [5.74, 6) is -0.578. The lowest BCUT2D eigenvalue weighted by molar-refractivity contribution is 0.102. The molecule has 0 aliphatic heterocycles. The van der Waals surface area contributed by atoms with Crippen molar-refractivity contribution in [1.82, 2.24) is 4.98 Å². The first kappa shape index (κ1) is 13.0. The average molecular weight is 258 g/mol. The molecular weight excluding hydrogens is 244 g/mol. The Bertz CT molecular complexity index is 579. The standard InChI is InChI=1S/C14H14N2O3/c1-9(17)10-2-4-11(5-3-10)16-14(19)12-6-7-15-8-13(12)18/h2-9,17-18H,1H3,(H,16,19). The number of benzene rings is 1. The summed E-state index contributed by atoms with van der Waals surface area (Å²) < 4.78 is 0. The highest BCUT2D eigenvalue weighted by Crippen LogP contribution is 2.18. The van der Waals surface area contributed by atoms with Gasteiger partial charge in [0.2, 0.25) is 0 Å². The average Bonchev–Trinajstić information content (AvgIpc) is 2.39. The zero-order valence-corrected chi connectivity index (χ0v) is 10.4. The Kier molecular flexibility index (Phi) is 3.77. The zero-order valence-electron chi connectivity index (χ0n) is 10.4. The van der Waals surface area contributed by atoms with Gasteiger partial charge in [-0.25, -0.2) is 0 Å². The lowest BCUT2D eigenvalue weighted by Gasteiger charge is -2.08. The molecule has 1 amide bonds. The van der Waals surface area contributed by atoms with Gasteiger partial charge < -0.3 is 15.5 Å². The highest BCUT2D eigenvalue weighted by Gasteiger charge is 2.11. The molecule has 0 aliphatic rings. The van der Waals surface area contributed by atoms with E-state index in [-0.39, 0.29) is 11.3 Å². The fourth-order valence-electron chi connectivity index (χ4n) is 1.62. The summed E-state index contributed by atoms with van der Waals surface area (Å²) in [6, 6.07) is 8.28. The van der Waals surface area contributed by atoms with Crippen molar-refractivity contribution >= 4 is 11.6 Å². The van der Waals surface area contributed by atoms with Gasteiger partial charge in [-0.15, -0.1) is 0 Å². The van der Waals surface area contributed by atoms with Crippen LogP contribution in [0.1, 0.15) is 28.9 Å². The number of nitrogens with one attached hydrogen (secondary N) is 1. The highest BCUT2D eigenvalue weighted by molar-refractivity contribution is 6.05. The van der Waals surface area contributed by atoms with E-state index in [0.29, 0.717) is 5.69 Å². The molecule has 2 rings (SSSR count). The fourth-order valence-corrected chi connectivity index (χ4v) is 1.62. The molecule has 5 nitrogen and oxygen atoms in total. The molecule has 0 spiro atoms. The summed E-state index contributed by atoms with van der Waals surface area (Å²) in [6.07, 6.45) is 2.10. The third-order valence-corrected chi connectivity index (χ3v) is 2.70. The molecule has 1 atom stereocenters. The minimum Gasteiger partial charge on any atom is -0.505 e. The first-order valence-electron chi connectivity index (χ1n) is 5.80. The molecular formula is C14H14N2O3. The van der Waals surface area contributed by atoms with Gasteiger partial charge in [0.1, 0.15) is 5.75 Å². The van der Waals surface area contributed by atoms with Gasteiger partial charge in [-0.05, 0) is 30.7 Å². The maximum Gasteiger partial charge on any atom is 0.259 e. The number of hydrogen-bond acceptors (Lipinski definition) is 4. The molecule has 0 saturated heterocycles. The minimum atomic E-state index is -0.547. The maximum absolute atomic E-state index is 11.9. The van der Waals surface area contributed by atoms with Gasteiger partial charge in [-0.3, -0.25) is 9.78 Å². The van der Waals surface area contributed by atoms with Gasteiger partial charge >= 0.3 is 0 Å². The molecule has 1 heterocycles. The Morgan fingerprint density at radius 3 is 2.53 bits per heavy atom. The van der Waals surface area contributed by atoms with Crippen LogP contribution in [0, 0.1) is 0 Å². The second kappa shape index (κ2) is 5.49. The van der Waals surface area contributed by atoms with E-state index in [2.05, 4.69) is 10.3 Å². The first-order valence-corrected chi connectivity index (χ1v) is 5.80. The normalized spacial score (nSPS) is 11.9. The predicted molar refractivity (Wildman–Crippen MR) is 70.9 cm³/mol. The van der Waals surface area contributed by atoms with Crippen LogP contribution in [0.3, 0.4) is 0 Å². The van der Waals surface area contributed by atoms with Crippen molar-refractivity contribution in [2.75, 3.05) is 5.32 Å². The van der Waals surface area contributed by atoms with Gasteiger partial charge in [0.15, 0.2) is 0 Å². The number of aromatic nitrogens is 1. The van der Waals surface area contributed by atoms with Crippen molar-refractivity contribution < 1.29 is 15.0 Å². The van der Waals surface area contributed by atoms with Crippen LogP contribution in [0.25, 0.3) is 0 Å². The van der Waals surface area contributed by atoms with Crippen LogP contribution < -0.4 is 5.32 Å². The molecule has 0 aliphatic carbocycles. The second-order valence-electron chi connectivity index (χ2n) is 4.14. The lowest BCUT2D eigenvalue weighted by Crippen LogP contribution is -2.12. The number of anilines is 1. The minimum absolute atomic E-state index is 0.162. The summed E-state index contributed by atoms with van der Waals surface area (Å²) in [5.41, 5.74) is 1.52. The van der Waals surface area contributed by atoms with E-state index >= 15 is 0 Å². The summed E-state index contributed by atoms with van der Waals surface area (Å²) >= 11 is 0. The summed E-state index contributed by atoms with van der Waals surface area (Å²) in [5, 5.41) is 21.6. The van der Waals surface area contributed by atoms with Crippen LogP contribution in [0.15, 0.2) is 42.7 Å². The first-order chi connectivity index (χ1) is 9.08. The highest BCUT2D eigenvalue weighted by atomic mass is 16.3. The number of aromatic hydroxyl groups is 1. The number of aliphatic hydroxyl groups excluding tert-OH is 1. The molecule has 1 unspecified atom stereocenters. The summed E-state index contributed by atoms with van der Waals surface area (Å²) in [4.78, 5) is 15.6. The fraction of sp³-hybridized carbons (Fsp3) is 0.143. The Hall–Kier alpha value is -2.40. The van der Waals surface area contributed by atoms with E-state index in [1.54, 1.807) is 31.2 Å². The molecule has 0 bridgehead atoms. The third kappa shape index (κ3) is 3.08. The molecule has 1 aromatic heterocycles. The number of hydrogen-bond donors (Lipinski definition) is 3. The largest absolute Gasteiger partial charge is 0.505 e. The van der Waals surface area contributed by atoms with Gasteiger partial charge in [0.25, 0.3) is 5.91 Å². The van der Waals surface area contributed by atoms with Crippen molar-refractivity contribution in [1.29, 1.82) is 0 Å². The van der Waals surface area contributed by atoms with Crippen LogP contribution in [-0.2, 0) is 0 Å². The maximum atomic E-state index is 11.9. The number of nitrogens with zero attached hydrogens (tertiary/aromatic N) is 1. The van der Waals surface area contributed by atoms with Crippen LogP contribution in [0.2, 0.25) is 0 Å². The number of carbonyl (C=O) groups excluding carboxylic acids is 1. The van der Waals surface area contributed by atoms with E-state index in [0.717, 1.165) is 5.56 Å². The van der Waals surface area contributed by atoms with Crippen LogP contribution in [0.5, 0.6) is 5.75 Å². The molecule has 19 heavy (non-hydrogen) atoms. The van der Waals surface area contributed by atoms with E-state index in [9.17, 15) is 15.0 Å². The summed E-state index contributed by atoms with van der Waals surface area (Å²) in [6.45, 7) is 1.67. The van der Waals surface area contributed by atoms with Gasteiger partial charge in [0.05, 0.1) is 17.9 Å². The van der Waals surface area contributed by atoms with Crippen molar-refractivity contribution in [3.63, 3.8) is 0 Å². The van der Waals surface area contributed by atoms with Crippen LogP contribution in [0.4, 0.5) is 5.69 Å². The van der Waals surface area contributed by atoms with E-state index in [1.165, 1.54) is 18.5 Å². The number of amides is 1. The zero-order chi connectivity index (χ0) is 13.8. The quantitative estimate of drug-likeness (QED) is 0.787. The van der Waals surface area contributed by atoms with Crippen molar-refractivity contribution in [2.45, 2.75) is 13.0 Å². The van der Waals surface area contributed by atoms with Crippen molar-refractivity contribution in [3.8, 4) is 5.75 Å². The number of rotatable bonds is 3. The van der Waals surface area contributed by atoms with E-state index < -0.39 is 12.0 Å². The third-order valence-electron chi connectivity index (χ3n) is 2.70. The smallest absolute Gasteiger partial charge is 0.259 e. The number of carbonyl (C=O) groups is 1. The van der Waals surface area contributed by atoms with Gasteiger partial charge in [-0.1, -0.05) is 12.1 Å². The Labute approximate surface area is 110 Å². The predicted octanol–water partition coefficient (Wildman–Crippen LogP) is 2.09. The molecule has 0 fully saturated rings. The Morgan fingerprint density at radius 1 is 1.26 bits per heavy atom. The second-order valence-corrected chi connectivity index (χ2v) is 4.14. The lowest BCUT2D eigenvalue weighted by atomic mass is 10.1. The van der Waals surface area contributed by atoms with Crippen molar-refractivity contribution in [3.05, 3.63) is 53.9 Å². The Morgan fingerprint density at radius 2 is 1.95 bits per heavy atom. The molecule has 5 heteroatoms.